The third kappa shape index (κ3) is 5.19. The van der Waals surface area contributed by atoms with Gasteiger partial charge in [0, 0.05) is 38.3 Å². The van der Waals surface area contributed by atoms with Crippen molar-refractivity contribution in [3.8, 4) is 0 Å². The van der Waals surface area contributed by atoms with E-state index in [9.17, 15) is 0 Å². The zero-order chi connectivity index (χ0) is 16.3. The van der Waals surface area contributed by atoms with E-state index in [0.717, 1.165) is 39.0 Å². The molecule has 0 spiro atoms. The second kappa shape index (κ2) is 8.09. The molecule has 4 heteroatoms. The smallest absolute Gasteiger partial charge is 0.0707 e. The molecular formula is C18H36N2O2. The maximum atomic E-state index is 6.15. The van der Waals surface area contributed by atoms with Gasteiger partial charge in [-0.25, -0.2) is 0 Å². The predicted octanol–water partition coefficient (Wildman–Crippen LogP) is 2.76. The molecule has 4 atom stereocenters. The average Bonchev–Trinajstić information content (AvgIpc) is 2.44. The molecule has 0 aromatic heterocycles. The zero-order valence-electron chi connectivity index (χ0n) is 15.4. The van der Waals surface area contributed by atoms with Crippen molar-refractivity contribution < 1.29 is 9.47 Å². The highest BCUT2D eigenvalue weighted by molar-refractivity contribution is 4.82. The Kier molecular flexibility index (Phi) is 6.69. The first-order valence-electron chi connectivity index (χ1n) is 9.14. The molecule has 0 radical (unpaired) electrons. The highest BCUT2D eigenvalue weighted by Crippen LogP contribution is 2.22. The van der Waals surface area contributed by atoms with Crippen LogP contribution in [0.2, 0.25) is 0 Å². The molecule has 130 valence electrons. The fourth-order valence-electron chi connectivity index (χ4n) is 3.70. The van der Waals surface area contributed by atoms with Gasteiger partial charge in [0.25, 0.3) is 0 Å². The first-order chi connectivity index (χ1) is 10.3. The minimum absolute atomic E-state index is 0.347. The van der Waals surface area contributed by atoms with Gasteiger partial charge in [-0.3, -0.25) is 9.80 Å². The molecule has 2 rings (SSSR count). The van der Waals surface area contributed by atoms with Gasteiger partial charge in [0.15, 0.2) is 0 Å². The zero-order valence-corrected chi connectivity index (χ0v) is 15.4. The maximum absolute atomic E-state index is 6.15. The molecule has 0 amide bonds. The van der Waals surface area contributed by atoms with E-state index in [0.29, 0.717) is 36.5 Å². The maximum Gasteiger partial charge on any atom is 0.0707 e. The lowest BCUT2D eigenvalue weighted by Crippen LogP contribution is -2.51. The van der Waals surface area contributed by atoms with Gasteiger partial charge in [-0.05, 0) is 54.4 Å². The molecule has 2 unspecified atom stereocenters. The van der Waals surface area contributed by atoms with Gasteiger partial charge in [0.2, 0.25) is 0 Å². The fraction of sp³-hybridized carbons (Fsp3) is 1.00. The molecule has 22 heavy (non-hydrogen) atoms. The summed E-state index contributed by atoms with van der Waals surface area (Å²) in [5.74, 6) is 0. The van der Waals surface area contributed by atoms with Crippen LogP contribution in [0, 0.1) is 0 Å². The van der Waals surface area contributed by atoms with E-state index < -0.39 is 0 Å². The number of hydrogen-bond donors (Lipinski definition) is 0. The predicted molar refractivity (Wildman–Crippen MR) is 91.3 cm³/mol. The summed E-state index contributed by atoms with van der Waals surface area (Å²) in [6.07, 6.45) is 3.63. The van der Waals surface area contributed by atoms with E-state index in [4.69, 9.17) is 9.47 Å². The molecule has 2 fully saturated rings. The summed E-state index contributed by atoms with van der Waals surface area (Å²) in [6, 6.07) is 1.22. The van der Waals surface area contributed by atoms with Crippen LogP contribution in [0.5, 0.6) is 0 Å². The Bertz CT molecular complexity index is 303. The van der Waals surface area contributed by atoms with E-state index in [-0.39, 0.29) is 0 Å². The van der Waals surface area contributed by atoms with Crippen molar-refractivity contribution in [2.45, 2.75) is 90.9 Å². The largest absolute Gasteiger partial charge is 0.373 e. The molecule has 0 saturated carbocycles. The molecule has 2 aliphatic rings. The van der Waals surface area contributed by atoms with E-state index in [2.05, 4.69) is 51.3 Å². The number of rotatable bonds is 5. The summed E-state index contributed by atoms with van der Waals surface area (Å²) in [5, 5.41) is 0. The molecule has 0 aromatic carbocycles. The Morgan fingerprint density at radius 3 is 1.41 bits per heavy atom. The summed E-state index contributed by atoms with van der Waals surface area (Å²) < 4.78 is 12.3. The summed E-state index contributed by atoms with van der Waals surface area (Å²) in [5.41, 5.74) is 0. The Hall–Kier alpha value is -0.160. The van der Waals surface area contributed by atoms with Crippen LogP contribution in [-0.2, 0) is 9.47 Å². The minimum atomic E-state index is 0.347. The van der Waals surface area contributed by atoms with Crippen molar-refractivity contribution in [2.75, 3.05) is 26.2 Å². The molecule has 2 heterocycles. The standard InChI is InChI=1S/C18H36N2O2/c1-13(2)19-9-15(5)21-17(11-19)7-8-18-12-20(14(3)4)10-16(6)22-18/h13-18H,7-12H2,1-6H3/t15-,16?,17+,18?/m0/s1. The van der Waals surface area contributed by atoms with Gasteiger partial charge in [-0.15, -0.1) is 0 Å². The van der Waals surface area contributed by atoms with Crippen LogP contribution < -0.4 is 0 Å². The number of ether oxygens (including phenoxy) is 2. The van der Waals surface area contributed by atoms with E-state index in [1.54, 1.807) is 0 Å². The fourth-order valence-corrected chi connectivity index (χ4v) is 3.70. The molecule has 0 aliphatic carbocycles. The van der Waals surface area contributed by atoms with Gasteiger partial charge in [-0.1, -0.05) is 0 Å². The van der Waals surface area contributed by atoms with Crippen molar-refractivity contribution >= 4 is 0 Å². The lowest BCUT2D eigenvalue weighted by molar-refractivity contribution is -0.111. The van der Waals surface area contributed by atoms with Crippen molar-refractivity contribution in [3.63, 3.8) is 0 Å². The topological polar surface area (TPSA) is 24.9 Å². The molecule has 2 saturated heterocycles. The number of morpholine rings is 2. The summed E-state index contributed by atoms with van der Waals surface area (Å²) >= 11 is 0. The second-order valence-corrected chi connectivity index (χ2v) is 7.81. The summed E-state index contributed by atoms with van der Waals surface area (Å²) in [4.78, 5) is 5.09. The van der Waals surface area contributed by atoms with Gasteiger partial charge in [0.05, 0.1) is 24.4 Å². The lowest BCUT2D eigenvalue weighted by atomic mass is 10.0. The van der Waals surface area contributed by atoms with E-state index >= 15 is 0 Å². The second-order valence-electron chi connectivity index (χ2n) is 7.81. The Labute approximate surface area is 137 Å². The number of nitrogens with zero attached hydrogens (tertiary/aromatic N) is 2. The van der Waals surface area contributed by atoms with Gasteiger partial charge in [0.1, 0.15) is 0 Å². The molecule has 2 aliphatic heterocycles. The van der Waals surface area contributed by atoms with Crippen LogP contribution in [0.1, 0.15) is 54.4 Å². The lowest BCUT2D eigenvalue weighted by Gasteiger charge is -2.41. The Morgan fingerprint density at radius 2 is 1.09 bits per heavy atom. The van der Waals surface area contributed by atoms with Gasteiger partial charge in [-0.2, -0.15) is 0 Å². The van der Waals surface area contributed by atoms with E-state index in [1.165, 1.54) is 0 Å². The number of hydrogen-bond acceptors (Lipinski definition) is 4. The van der Waals surface area contributed by atoms with Gasteiger partial charge < -0.3 is 9.47 Å². The Balaban J connectivity index is 1.81. The van der Waals surface area contributed by atoms with Crippen molar-refractivity contribution in [1.82, 2.24) is 9.80 Å². The normalized spacial score (nSPS) is 35.5. The first kappa shape index (κ1) is 18.2. The van der Waals surface area contributed by atoms with Crippen LogP contribution >= 0.6 is 0 Å². The molecular weight excluding hydrogens is 276 g/mol. The molecule has 0 aromatic rings. The summed E-state index contributed by atoms with van der Waals surface area (Å²) in [7, 11) is 0. The summed E-state index contributed by atoms with van der Waals surface area (Å²) in [6.45, 7) is 17.8. The molecule has 0 bridgehead atoms. The van der Waals surface area contributed by atoms with Gasteiger partial charge >= 0.3 is 0 Å². The Morgan fingerprint density at radius 1 is 0.727 bits per heavy atom. The highest BCUT2D eigenvalue weighted by atomic mass is 16.5. The molecule has 0 N–H and O–H groups in total. The monoisotopic (exact) mass is 312 g/mol. The average molecular weight is 312 g/mol. The van der Waals surface area contributed by atoms with Crippen LogP contribution in [0.25, 0.3) is 0 Å². The van der Waals surface area contributed by atoms with Crippen LogP contribution in [0.4, 0.5) is 0 Å². The van der Waals surface area contributed by atoms with Crippen molar-refractivity contribution in [2.24, 2.45) is 0 Å². The first-order valence-corrected chi connectivity index (χ1v) is 9.14. The minimum Gasteiger partial charge on any atom is -0.373 e. The third-order valence-electron chi connectivity index (χ3n) is 4.98. The SMILES string of the molecule is CC1CN(C(C)C)CC(CC[C@@H]2CN(C(C)C)C[C@H](C)O2)O1. The van der Waals surface area contributed by atoms with Crippen LogP contribution in [0.15, 0.2) is 0 Å². The van der Waals surface area contributed by atoms with E-state index in [1.807, 2.05) is 0 Å². The van der Waals surface area contributed by atoms with Crippen LogP contribution in [-0.4, -0.2) is 72.5 Å². The molecule has 4 nitrogen and oxygen atoms in total. The third-order valence-corrected chi connectivity index (χ3v) is 4.98. The van der Waals surface area contributed by atoms with Crippen LogP contribution in [0.3, 0.4) is 0 Å². The quantitative estimate of drug-likeness (QED) is 0.779. The van der Waals surface area contributed by atoms with Crippen molar-refractivity contribution in [1.29, 1.82) is 0 Å². The highest BCUT2D eigenvalue weighted by Gasteiger charge is 2.30. The van der Waals surface area contributed by atoms with Crippen molar-refractivity contribution in [3.05, 3.63) is 0 Å².